The molecule has 10 heteroatoms. The standard InChI is InChI=1S/C25H22ClFN4O3S/c1-13-21(26)20-16(31(13)25(33)29-14-4-5-14)6-7-17(22(20)27)34-18-8-9-28-15-12-19(35-23(15)18)24(32)30-10-2-3-11-30/h6-9,12,14H,2-5,10-11H2,1H3,(H,29,33). The van der Waals surface area contributed by atoms with Gasteiger partial charge in [0.05, 0.1) is 31.0 Å². The van der Waals surface area contributed by atoms with Crippen LogP contribution in [0.3, 0.4) is 0 Å². The van der Waals surface area contributed by atoms with Crippen molar-refractivity contribution in [1.29, 1.82) is 0 Å². The molecule has 0 spiro atoms. The van der Waals surface area contributed by atoms with E-state index in [1.165, 1.54) is 22.0 Å². The van der Waals surface area contributed by atoms with E-state index in [1.54, 1.807) is 31.3 Å². The predicted molar refractivity (Wildman–Crippen MR) is 133 cm³/mol. The zero-order valence-electron chi connectivity index (χ0n) is 18.9. The smallest absolute Gasteiger partial charge is 0.326 e. The van der Waals surface area contributed by atoms with Gasteiger partial charge in [0.2, 0.25) is 0 Å². The fourth-order valence-corrected chi connectivity index (χ4v) is 5.80. The van der Waals surface area contributed by atoms with Crippen molar-refractivity contribution in [3.05, 3.63) is 51.9 Å². The van der Waals surface area contributed by atoms with Crippen LogP contribution in [0.5, 0.6) is 11.5 Å². The number of ether oxygens (including phenoxy) is 1. The lowest BCUT2D eigenvalue weighted by Gasteiger charge is -2.13. The maximum atomic E-state index is 15.7. The summed E-state index contributed by atoms with van der Waals surface area (Å²) in [5.74, 6) is -0.287. The number of thiophene rings is 1. The fraction of sp³-hybridized carbons (Fsp3) is 0.320. The van der Waals surface area contributed by atoms with Crippen LogP contribution in [0.4, 0.5) is 9.18 Å². The molecule has 1 aliphatic carbocycles. The average Bonchev–Trinajstić information content (AvgIpc) is 3.24. The summed E-state index contributed by atoms with van der Waals surface area (Å²) >= 11 is 7.76. The summed E-state index contributed by atoms with van der Waals surface area (Å²) in [5.41, 5.74) is 1.46. The quantitative estimate of drug-likeness (QED) is 0.358. The first kappa shape index (κ1) is 22.3. The highest BCUT2D eigenvalue weighted by Gasteiger charge is 2.28. The molecule has 1 aliphatic heterocycles. The van der Waals surface area contributed by atoms with Crippen LogP contribution in [0.15, 0.2) is 30.5 Å². The van der Waals surface area contributed by atoms with Crippen molar-refractivity contribution in [2.24, 2.45) is 0 Å². The Bertz CT molecular complexity index is 1500. The first-order chi connectivity index (χ1) is 16.9. The Morgan fingerprint density at radius 2 is 1.97 bits per heavy atom. The Balaban J connectivity index is 1.36. The molecular formula is C25H22ClFN4O3S. The number of pyridine rings is 1. The first-order valence-corrected chi connectivity index (χ1v) is 12.8. The predicted octanol–water partition coefficient (Wildman–Crippen LogP) is 6.10. The van der Waals surface area contributed by atoms with Crippen LogP contribution in [0.25, 0.3) is 21.1 Å². The number of likely N-dealkylation sites (tertiary alicyclic amines) is 1. The molecular weight excluding hydrogens is 491 g/mol. The molecule has 7 nitrogen and oxygen atoms in total. The summed E-state index contributed by atoms with van der Waals surface area (Å²) in [7, 11) is 0. The molecule has 180 valence electrons. The molecule has 3 aromatic heterocycles. The van der Waals surface area contributed by atoms with E-state index >= 15 is 4.39 Å². The largest absolute Gasteiger partial charge is 0.453 e. The SMILES string of the molecule is Cc1c(Cl)c2c(F)c(Oc3ccnc4cc(C(=O)N5CCCC5)sc34)ccc2n1C(=O)NC1CC1. The highest BCUT2D eigenvalue weighted by Crippen LogP contribution is 2.40. The Kier molecular flexibility index (Phi) is 5.41. The summed E-state index contributed by atoms with van der Waals surface area (Å²) in [6, 6.07) is 6.37. The van der Waals surface area contributed by atoms with E-state index in [9.17, 15) is 9.59 Å². The van der Waals surface area contributed by atoms with Crippen molar-refractivity contribution in [3.8, 4) is 11.5 Å². The number of hydrogen-bond donors (Lipinski definition) is 1. The number of rotatable bonds is 4. The van der Waals surface area contributed by atoms with E-state index in [0.717, 1.165) is 38.8 Å². The van der Waals surface area contributed by atoms with Crippen molar-refractivity contribution in [2.75, 3.05) is 13.1 Å². The number of aromatic nitrogens is 2. The van der Waals surface area contributed by atoms with Gasteiger partial charge in [0.15, 0.2) is 11.6 Å². The third-order valence-corrected chi connectivity index (χ3v) is 8.10. The molecule has 1 saturated heterocycles. The second-order valence-corrected chi connectivity index (χ2v) is 10.4. The van der Waals surface area contributed by atoms with Crippen LogP contribution >= 0.6 is 22.9 Å². The number of hydrogen-bond acceptors (Lipinski definition) is 5. The van der Waals surface area contributed by atoms with Crippen LogP contribution in [0, 0.1) is 12.7 Å². The van der Waals surface area contributed by atoms with E-state index in [4.69, 9.17) is 16.3 Å². The van der Waals surface area contributed by atoms with Gasteiger partial charge in [-0.25, -0.2) is 9.18 Å². The van der Waals surface area contributed by atoms with E-state index in [0.29, 0.717) is 32.1 Å². The number of carbonyl (C=O) groups is 2. The lowest BCUT2D eigenvalue weighted by Crippen LogP contribution is -2.30. The third kappa shape index (κ3) is 3.83. The molecule has 1 saturated carbocycles. The highest BCUT2D eigenvalue weighted by atomic mass is 35.5. The number of amides is 2. The van der Waals surface area contributed by atoms with Crippen LogP contribution < -0.4 is 10.1 Å². The van der Waals surface area contributed by atoms with E-state index in [1.807, 2.05) is 4.90 Å². The third-order valence-electron chi connectivity index (χ3n) is 6.51. The normalized spacial score (nSPS) is 15.8. The lowest BCUT2D eigenvalue weighted by molar-refractivity contribution is 0.0797. The van der Waals surface area contributed by atoms with Crippen LogP contribution in [0.1, 0.15) is 41.0 Å². The van der Waals surface area contributed by atoms with Gasteiger partial charge in [-0.15, -0.1) is 11.3 Å². The number of nitrogens with zero attached hydrogens (tertiary/aromatic N) is 3. The summed E-state index contributed by atoms with van der Waals surface area (Å²) in [4.78, 5) is 32.4. The van der Waals surface area contributed by atoms with Gasteiger partial charge in [-0.3, -0.25) is 14.3 Å². The van der Waals surface area contributed by atoms with Crippen molar-refractivity contribution in [3.63, 3.8) is 0 Å². The van der Waals surface area contributed by atoms with E-state index < -0.39 is 5.82 Å². The van der Waals surface area contributed by atoms with E-state index in [2.05, 4.69) is 10.3 Å². The van der Waals surface area contributed by atoms with Gasteiger partial charge in [0.1, 0.15) is 5.75 Å². The summed E-state index contributed by atoms with van der Waals surface area (Å²) in [6.45, 7) is 3.20. The maximum absolute atomic E-state index is 15.7. The number of nitrogens with one attached hydrogen (secondary N) is 1. The molecule has 0 unspecified atom stereocenters. The zero-order valence-corrected chi connectivity index (χ0v) is 20.5. The molecule has 2 fully saturated rings. The van der Waals surface area contributed by atoms with Crippen molar-refractivity contribution < 1.29 is 18.7 Å². The molecule has 1 N–H and O–H groups in total. The van der Waals surface area contributed by atoms with Gasteiger partial charge < -0.3 is 15.0 Å². The van der Waals surface area contributed by atoms with Crippen molar-refractivity contribution in [2.45, 2.75) is 38.6 Å². The Morgan fingerprint density at radius 1 is 1.20 bits per heavy atom. The Morgan fingerprint density at radius 3 is 2.71 bits per heavy atom. The first-order valence-electron chi connectivity index (χ1n) is 11.6. The minimum atomic E-state index is -0.650. The molecule has 0 atom stereocenters. The second kappa shape index (κ2) is 8.49. The van der Waals surface area contributed by atoms with Crippen LogP contribution in [0.2, 0.25) is 5.02 Å². The van der Waals surface area contributed by atoms with Crippen molar-refractivity contribution in [1.82, 2.24) is 19.8 Å². The molecule has 0 bridgehead atoms. The zero-order chi connectivity index (χ0) is 24.3. The number of benzene rings is 1. The molecule has 6 rings (SSSR count). The van der Waals surface area contributed by atoms with Crippen LogP contribution in [-0.4, -0.2) is 45.5 Å². The molecule has 0 radical (unpaired) electrons. The summed E-state index contributed by atoms with van der Waals surface area (Å²) < 4.78 is 23.7. The molecule has 2 aliphatic rings. The highest BCUT2D eigenvalue weighted by molar-refractivity contribution is 7.21. The molecule has 1 aromatic carbocycles. The molecule has 35 heavy (non-hydrogen) atoms. The second-order valence-electron chi connectivity index (χ2n) is 8.97. The minimum absolute atomic E-state index is 0.0166. The summed E-state index contributed by atoms with van der Waals surface area (Å²) in [6.07, 6.45) is 5.48. The van der Waals surface area contributed by atoms with Gasteiger partial charge >= 0.3 is 6.03 Å². The van der Waals surface area contributed by atoms with Gasteiger partial charge in [0, 0.05) is 37.1 Å². The van der Waals surface area contributed by atoms with Gasteiger partial charge in [-0.05, 0) is 50.8 Å². The van der Waals surface area contributed by atoms with Crippen LogP contribution in [-0.2, 0) is 0 Å². The molecule has 4 aromatic rings. The molecule has 4 heterocycles. The van der Waals surface area contributed by atoms with E-state index in [-0.39, 0.29) is 34.1 Å². The number of carbonyl (C=O) groups excluding carboxylic acids is 2. The van der Waals surface area contributed by atoms with Crippen molar-refractivity contribution >= 4 is 56.0 Å². The fourth-order valence-electron chi connectivity index (χ4n) is 4.50. The maximum Gasteiger partial charge on any atom is 0.326 e. The minimum Gasteiger partial charge on any atom is -0.453 e. The number of fused-ring (bicyclic) bond motifs is 2. The Labute approximate surface area is 209 Å². The van der Waals surface area contributed by atoms with Gasteiger partial charge in [0.25, 0.3) is 5.91 Å². The lowest BCUT2D eigenvalue weighted by atomic mass is 10.2. The Hall–Kier alpha value is -3.17. The molecule has 2 amide bonds. The van der Waals surface area contributed by atoms with Gasteiger partial charge in [-0.2, -0.15) is 0 Å². The summed E-state index contributed by atoms with van der Waals surface area (Å²) in [5, 5.41) is 3.22. The van der Waals surface area contributed by atoms with Gasteiger partial charge in [-0.1, -0.05) is 11.6 Å². The monoisotopic (exact) mass is 512 g/mol. The average molecular weight is 513 g/mol. The number of halogens is 2. The topological polar surface area (TPSA) is 76.5 Å².